The minimum atomic E-state index is -0.858. The summed E-state index contributed by atoms with van der Waals surface area (Å²) in [6.45, 7) is 2.64. The lowest BCUT2D eigenvalue weighted by Gasteiger charge is -2.15. The summed E-state index contributed by atoms with van der Waals surface area (Å²) in [5, 5.41) is 13.0. The molecule has 1 aliphatic rings. The summed E-state index contributed by atoms with van der Waals surface area (Å²) in [5.74, 6) is -1.34. The van der Waals surface area contributed by atoms with Crippen molar-refractivity contribution in [2.75, 3.05) is 18.4 Å². The van der Waals surface area contributed by atoms with Crippen LogP contribution >= 0.6 is 22.9 Å². The van der Waals surface area contributed by atoms with Crippen LogP contribution in [0, 0.1) is 12.8 Å². The number of anilines is 1. The number of urea groups is 1. The second-order valence-corrected chi connectivity index (χ2v) is 7.61. The molecule has 1 aromatic carbocycles. The molecule has 1 saturated heterocycles. The van der Waals surface area contributed by atoms with Gasteiger partial charge < -0.3 is 10.0 Å². The summed E-state index contributed by atoms with van der Waals surface area (Å²) in [6.07, 6.45) is 2.91. The Morgan fingerprint density at radius 2 is 2.28 bits per heavy atom. The van der Waals surface area contributed by atoms with Crippen molar-refractivity contribution in [3.05, 3.63) is 45.4 Å². The van der Waals surface area contributed by atoms with Crippen LogP contribution in [0.5, 0.6) is 0 Å². The number of aryl methyl sites for hydroxylation is 1. The molecule has 25 heavy (non-hydrogen) atoms. The van der Waals surface area contributed by atoms with E-state index in [4.69, 9.17) is 16.7 Å². The molecule has 2 heterocycles. The number of halogens is 1. The van der Waals surface area contributed by atoms with Gasteiger partial charge in [-0.2, -0.15) is 0 Å². The highest BCUT2D eigenvalue weighted by Gasteiger charge is 2.31. The first-order chi connectivity index (χ1) is 11.9. The number of thiazole rings is 1. The summed E-state index contributed by atoms with van der Waals surface area (Å²) in [4.78, 5) is 29.9. The van der Waals surface area contributed by atoms with Gasteiger partial charge in [0.1, 0.15) is 0 Å². The third-order valence-electron chi connectivity index (χ3n) is 4.21. The Morgan fingerprint density at radius 1 is 1.48 bits per heavy atom. The molecule has 0 spiro atoms. The molecule has 6 nitrogen and oxygen atoms in total. The van der Waals surface area contributed by atoms with Crippen molar-refractivity contribution in [2.24, 2.45) is 5.92 Å². The van der Waals surface area contributed by atoms with Crippen molar-refractivity contribution in [2.45, 2.75) is 19.8 Å². The molecule has 3 rings (SSSR count). The molecule has 1 aromatic heterocycles. The lowest BCUT2D eigenvalue weighted by Crippen LogP contribution is -2.33. The lowest BCUT2D eigenvalue weighted by molar-refractivity contribution is -0.141. The zero-order valence-electron chi connectivity index (χ0n) is 13.7. The number of nitrogens with zero attached hydrogens (tertiary/aromatic N) is 2. The van der Waals surface area contributed by atoms with E-state index in [2.05, 4.69) is 10.3 Å². The average Bonchev–Trinajstić information content (AvgIpc) is 3.20. The van der Waals surface area contributed by atoms with Crippen LogP contribution in [0.1, 0.15) is 22.4 Å². The van der Waals surface area contributed by atoms with Crippen molar-refractivity contribution in [3.63, 3.8) is 0 Å². The molecular formula is C17H18ClN3O3S. The van der Waals surface area contributed by atoms with Crippen molar-refractivity contribution in [3.8, 4) is 0 Å². The fraction of sp³-hybridized carbons (Fsp3) is 0.353. The number of carboxylic acids is 1. The van der Waals surface area contributed by atoms with E-state index in [-0.39, 0.29) is 12.6 Å². The summed E-state index contributed by atoms with van der Waals surface area (Å²) in [6, 6.07) is 5.64. The van der Waals surface area contributed by atoms with Crippen molar-refractivity contribution >= 4 is 40.1 Å². The first kappa shape index (κ1) is 17.7. The van der Waals surface area contributed by atoms with Crippen molar-refractivity contribution in [1.29, 1.82) is 0 Å². The van der Waals surface area contributed by atoms with Crippen LogP contribution in [0.3, 0.4) is 0 Å². The number of hydrogen-bond acceptors (Lipinski definition) is 4. The Kier molecular flexibility index (Phi) is 5.24. The Bertz CT molecular complexity index is 808. The summed E-state index contributed by atoms with van der Waals surface area (Å²) in [7, 11) is 0. The first-order valence-electron chi connectivity index (χ1n) is 7.91. The van der Waals surface area contributed by atoms with E-state index in [1.807, 2.05) is 25.1 Å². The average molecular weight is 380 g/mol. The molecule has 0 saturated carbocycles. The summed E-state index contributed by atoms with van der Waals surface area (Å²) in [5.41, 5.74) is 2.12. The third-order valence-corrected chi connectivity index (χ3v) is 5.53. The quantitative estimate of drug-likeness (QED) is 0.849. The molecule has 8 heteroatoms. The molecule has 2 N–H and O–H groups in total. The van der Waals surface area contributed by atoms with E-state index in [0.717, 1.165) is 21.0 Å². The maximum absolute atomic E-state index is 12.2. The number of aliphatic carboxylic acids is 1. The van der Waals surface area contributed by atoms with E-state index < -0.39 is 11.9 Å². The largest absolute Gasteiger partial charge is 0.481 e. The fourth-order valence-corrected chi connectivity index (χ4v) is 3.75. The second kappa shape index (κ2) is 7.41. The molecular weight excluding hydrogens is 362 g/mol. The molecule has 0 bridgehead atoms. The van der Waals surface area contributed by atoms with Gasteiger partial charge in [0.2, 0.25) is 0 Å². The van der Waals surface area contributed by atoms with Gasteiger partial charge in [0.25, 0.3) is 0 Å². The van der Waals surface area contributed by atoms with Gasteiger partial charge in [-0.05, 0) is 30.5 Å². The first-order valence-corrected chi connectivity index (χ1v) is 9.10. The number of nitrogens with one attached hydrogen (secondary N) is 1. The highest BCUT2D eigenvalue weighted by Crippen LogP contribution is 2.25. The van der Waals surface area contributed by atoms with Gasteiger partial charge in [-0.3, -0.25) is 10.1 Å². The highest BCUT2D eigenvalue weighted by atomic mass is 35.5. The van der Waals surface area contributed by atoms with Crippen molar-refractivity contribution < 1.29 is 14.7 Å². The number of carboxylic acid groups (broad SMARTS) is 1. The number of carbonyl (C=O) groups is 2. The minimum Gasteiger partial charge on any atom is -0.481 e. The molecule has 132 valence electrons. The fourth-order valence-electron chi connectivity index (χ4n) is 2.71. The van der Waals surface area contributed by atoms with Gasteiger partial charge in [0, 0.05) is 35.6 Å². The lowest BCUT2D eigenvalue weighted by atomic mass is 10.1. The van der Waals surface area contributed by atoms with Crippen LogP contribution in [-0.2, 0) is 11.2 Å². The predicted molar refractivity (Wildman–Crippen MR) is 97.4 cm³/mol. The molecule has 1 aliphatic heterocycles. The monoisotopic (exact) mass is 379 g/mol. The van der Waals surface area contributed by atoms with Crippen LogP contribution < -0.4 is 5.32 Å². The molecule has 1 fully saturated rings. The second-order valence-electron chi connectivity index (χ2n) is 6.09. The Labute approximate surface area is 154 Å². The van der Waals surface area contributed by atoms with Gasteiger partial charge in [0.15, 0.2) is 5.13 Å². The highest BCUT2D eigenvalue weighted by molar-refractivity contribution is 7.15. The molecule has 1 unspecified atom stereocenters. The van der Waals surface area contributed by atoms with E-state index in [9.17, 15) is 9.59 Å². The van der Waals surface area contributed by atoms with E-state index >= 15 is 0 Å². The van der Waals surface area contributed by atoms with Crippen LogP contribution in [0.15, 0.2) is 24.4 Å². The number of aromatic nitrogens is 1. The topological polar surface area (TPSA) is 82.5 Å². The molecule has 2 amide bonds. The number of benzene rings is 1. The maximum atomic E-state index is 12.2. The van der Waals surface area contributed by atoms with Crippen LogP contribution in [0.4, 0.5) is 9.93 Å². The number of hydrogen-bond donors (Lipinski definition) is 2. The molecule has 1 atom stereocenters. The number of likely N-dealkylation sites (tertiary alicyclic amines) is 1. The Balaban J connectivity index is 1.59. The van der Waals surface area contributed by atoms with E-state index in [0.29, 0.717) is 24.5 Å². The summed E-state index contributed by atoms with van der Waals surface area (Å²) < 4.78 is 0. The molecule has 0 radical (unpaired) electrons. The number of carbonyl (C=O) groups excluding carboxylic acids is 1. The zero-order chi connectivity index (χ0) is 18.0. The van der Waals surface area contributed by atoms with E-state index in [1.54, 1.807) is 6.20 Å². The van der Waals surface area contributed by atoms with Crippen LogP contribution in [0.25, 0.3) is 0 Å². The Morgan fingerprint density at radius 3 is 2.96 bits per heavy atom. The Hall–Kier alpha value is -2.12. The SMILES string of the molecule is Cc1ccc(Cc2cnc(NC(=O)N3CCC(C(=O)O)C3)s2)cc1Cl. The minimum absolute atomic E-state index is 0.237. The van der Waals surface area contributed by atoms with Gasteiger partial charge in [0.05, 0.1) is 5.92 Å². The van der Waals surface area contributed by atoms with Gasteiger partial charge in [-0.25, -0.2) is 9.78 Å². The zero-order valence-corrected chi connectivity index (χ0v) is 15.2. The van der Waals surface area contributed by atoms with E-state index in [1.165, 1.54) is 16.2 Å². The summed E-state index contributed by atoms with van der Waals surface area (Å²) >= 11 is 7.55. The van der Waals surface area contributed by atoms with Crippen LogP contribution in [-0.4, -0.2) is 40.1 Å². The normalized spacial score (nSPS) is 16.9. The standard InChI is InChI=1S/C17H18ClN3O3S/c1-10-2-3-11(7-14(10)18)6-13-8-19-16(25-13)20-17(24)21-5-4-12(9-21)15(22)23/h2-3,7-8,12H,4-6,9H2,1H3,(H,22,23)(H,19,20,24). The van der Waals surface area contributed by atoms with Crippen molar-refractivity contribution in [1.82, 2.24) is 9.88 Å². The van der Waals surface area contributed by atoms with Gasteiger partial charge in [-0.15, -0.1) is 11.3 Å². The smallest absolute Gasteiger partial charge is 0.323 e. The number of amides is 2. The van der Waals surface area contributed by atoms with Gasteiger partial charge in [-0.1, -0.05) is 23.7 Å². The van der Waals surface area contributed by atoms with Crippen LogP contribution in [0.2, 0.25) is 5.02 Å². The number of rotatable bonds is 4. The van der Waals surface area contributed by atoms with Gasteiger partial charge >= 0.3 is 12.0 Å². The molecule has 2 aromatic rings. The predicted octanol–water partition coefficient (Wildman–Crippen LogP) is 3.63. The molecule has 0 aliphatic carbocycles. The third kappa shape index (κ3) is 4.29. The maximum Gasteiger partial charge on any atom is 0.323 e.